The molecule has 0 aliphatic carbocycles. The monoisotopic (exact) mass is 810 g/mol. The summed E-state index contributed by atoms with van der Waals surface area (Å²) < 4.78 is 26.2. The molecule has 2 aromatic heterocycles. The highest BCUT2D eigenvalue weighted by Gasteiger charge is 2.43. The summed E-state index contributed by atoms with van der Waals surface area (Å²) in [6.45, 7) is 8.39. The Labute approximate surface area is 339 Å². The molecule has 2 N–H and O–H groups in total. The molecule has 4 aliphatic rings. The minimum atomic E-state index is -1.35. The van der Waals surface area contributed by atoms with E-state index in [9.17, 15) is 39.0 Å². The molecular formula is C43H46N4O12. The van der Waals surface area contributed by atoms with E-state index in [1.54, 1.807) is 18.9 Å². The number of hydrogen-bond acceptors (Lipinski definition) is 11. The molecule has 0 saturated carbocycles. The number of aliphatic hydroxyl groups excluding tert-OH is 1. The van der Waals surface area contributed by atoms with Gasteiger partial charge in [0.1, 0.15) is 25.4 Å². The van der Waals surface area contributed by atoms with Gasteiger partial charge in [0.15, 0.2) is 28.7 Å². The lowest BCUT2D eigenvalue weighted by Gasteiger charge is -2.42. The number of carboxylic acid groups (broad SMARTS) is 1. The van der Waals surface area contributed by atoms with Gasteiger partial charge in [-0.1, -0.05) is 60.7 Å². The van der Waals surface area contributed by atoms with Gasteiger partial charge in [0.2, 0.25) is 10.9 Å². The third-order valence-corrected chi connectivity index (χ3v) is 10.8. The van der Waals surface area contributed by atoms with Crippen molar-refractivity contribution >= 4 is 23.6 Å². The molecule has 16 nitrogen and oxygen atoms in total. The normalized spacial score (nSPS) is 17.9. The van der Waals surface area contributed by atoms with Crippen LogP contribution in [0.4, 0.5) is 0 Å². The van der Waals surface area contributed by atoms with E-state index in [-0.39, 0.29) is 96.6 Å². The lowest BCUT2D eigenvalue weighted by Crippen LogP contribution is -2.51. The van der Waals surface area contributed by atoms with Gasteiger partial charge in [-0.25, -0.2) is 4.79 Å². The smallest absolute Gasteiger partial charge is 0.341 e. The maximum Gasteiger partial charge on any atom is 0.341 e. The minimum absolute atomic E-state index is 0.0216. The fourth-order valence-corrected chi connectivity index (χ4v) is 8.02. The maximum absolute atomic E-state index is 13.3. The van der Waals surface area contributed by atoms with E-state index in [2.05, 4.69) is 0 Å². The van der Waals surface area contributed by atoms with Crippen LogP contribution in [0.3, 0.4) is 0 Å². The largest absolute Gasteiger partial charge is 0.483 e. The van der Waals surface area contributed by atoms with Gasteiger partial charge in [-0.3, -0.25) is 24.0 Å². The Morgan fingerprint density at radius 3 is 1.47 bits per heavy atom. The van der Waals surface area contributed by atoms with Crippen LogP contribution in [0.2, 0.25) is 0 Å². The lowest BCUT2D eigenvalue weighted by molar-refractivity contribution is 0.0181. The van der Waals surface area contributed by atoms with Crippen LogP contribution in [-0.4, -0.2) is 97.7 Å². The fourth-order valence-electron chi connectivity index (χ4n) is 8.02. The van der Waals surface area contributed by atoms with Gasteiger partial charge in [-0.2, -0.15) is 0 Å². The van der Waals surface area contributed by atoms with Crippen LogP contribution in [-0.2, 0) is 35.9 Å². The highest BCUT2D eigenvalue weighted by atomic mass is 16.5. The first kappa shape index (κ1) is 41.1. The van der Waals surface area contributed by atoms with Crippen molar-refractivity contribution in [2.24, 2.45) is 0 Å². The van der Waals surface area contributed by atoms with Gasteiger partial charge < -0.3 is 48.1 Å². The molecule has 2 amide bonds. The number of ketones is 1. The number of hydrogen-bond donors (Lipinski definition) is 2. The molecule has 4 aliphatic heterocycles. The zero-order valence-corrected chi connectivity index (χ0v) is 33.2. The Hall–Kier alpha value is -6.10. The number of ether oxygens (including phenoxy) is 4. The van der Waals surface area contributed by atoms with Gasteiger partial charge in [0.25, 0.3) is 11.8 Å². The van der Waals surface area contributed by atoms with Crippen molar-refractivity contribution < 1.29 is 48.3 Å². The summed E-state index contributed by atoms with van der Waals surface area (Å²) in [7, 11) is 0. The van der Waals surface area contributed by atoms with Crippen LogP contribution >= 0.6 is 0 Å². The summed E-state index contributed by atoms with van der Waals surface area (Å²) in [5.41, 5.74) is 0.396. The zero-order chi connectivity index (χ0) is 42.1. The number of carboxylic acids is 1. The highest BCUT2D eigenvalue weighted by Crippen LogP contribution is 2.36. The molecule has 0 saturated heterocycles. The van der Waals surface area contributed by atoms with Crippen molar-refractivity contribution in [2.45, 2.75) is 78.3 Å². The topological polar surface area (TPSA) is 196 Å². The third kappa shape index (κ3) is 7.66. The minimum Gasteiger partial charge on any atom is -0.483 e. The molecular weight excluding hydrogens is 764 g/mol. The Morgan fingerprint density at radius 1 is 0.678 bits per heavy atom. The first-order valence-corrected chi connectivity index (χ1v) is 19.4. The summed E-state index contributed by atoms with van der Waals surface area (Å²) in [5.74, 6) is -3.08. The van der Waals surface area contributed by atoms with Crippen LogP contribution in [0, 0.1) is 0 Å². The summed E-state index contributed by atoms with van der Waals surface area (Å²) >= 11 is 0. The number of nitrogens with zero attached hydrogens (tertiary/aromatic N) is 4. The Balaban J connectivity index is 0.000000179. The van der Waals surface area contributed by atoms with E-state index >= 15 is 0 Å². The molecule has 4 aromatic rings. The van der Waals surface area contributed by atoms with E-state index < -0.39 is 34.8 Å². The van der Waals surface area contributed by atoms with E-state index in [1.807, 2.05) is 88.4 Å². The average molecular weight is 811 g/mol. The molecule has 0 spiro atoms. The molecule has 0 bridgehead atoms. The van der Waals surface area contributed by atoms with Crippen molar-refractivity contribution in [3.63, 3.8) is 0 Å². The molecule has 310 valence electrons. The van der Waals surface area contributed by atoms with Crippen molar-refractivity contribution in [1.82, 2.24) is 18.9 Å². The second-order valence-electron chi connectivity index (χ2n) is 15.3. The van der Waals surface area contributed by atoms with Crippen LogP contribution in [0.15, 0.2) is 70.3 Å². The molecule has 6 heterocycles. The number of carbonyl (C=O) groups is 4. The van der Waals surface area contributed by atoms with Gasteiger partial charge in [0.05, 0.1) is 55.5 Å². The van der Waals surface area contributed by atoms with Crippen LogP contribution in [0.25, 0.3) is 0 Å². The van der Waals surface area contributed by atoms with Crippen LogP contribution in [0.5, 0.6) is 11.5 Å². The SMILES string of the molecule is CC(C)N1C[C@@H]2COCc3c(C(=O)CO)c(=O)c(OCc4ccccc4)c(n32)C1=O.CC(C)N1C[C@@H]2COCc3c(C(=O)O)c(=O)c(OCc4ccccc4)c(n32)C1=O. The van der Waals surface area contributed by atoms with Crippen LogP contribution < -0.4 is 20.3 Å². The molecule has 0 radical (unpaired) electrons. The van der Waals surface area contributed by atoms with Gasteiger partial charge in [-0.05, 0) is 38.8 Å². The predicted molar refractivity (Wildman–Crippen MR) is 211 cm³/mol. The number of aliphatic hydroxyl groups is 1. The molecule has 8 rings (SSSR count). The number of aromatic nitrogens is 2. The lowest BCUT2D eigenvalue weighted by atomic mass is 10.00. The first-order valence-electron chi connectivity index (χ1n) is 19.4. The van der Waals surface area contributed by atoms with Crippen LogP contribution in [0.1, 0.15) is 104 Å². The van der Waals surface area contributed by atoms with Crippen molar-refractivity contribution in [3.8, 4) is 11.5 Å². The number of carbonyl (C=O) groups excluding carboxylic acids is 3. The summed E-state index contributed by atoms with van der Waals surface area (Å²) in [6, 6.07) is 17.8. The zero-order valence-electron chi connectivity index (χ0n) is 33.2. The number of benzene rings is 2. The standard InChI is InChI=1S/C22H24N2O6.C21H22N2O6/c1-13(2)23-8-15-11-29-12-16-18(17(26)9-25)20(27)21(19(22(23)28)24(15)16)30-10-14-6-4-3-5-7-14;1-12(2)22-8-14-10-28-11-15-16(21(26)27)18(24)19(17(20(22)25)23(14)15)29-9-13-6-4-3-5-7-13/h3-7,13,15,25H,8-12H2,1-2H3;3-7,12,14H,8-11H2,1-2H3,(H,26,27)/t15-;14-/m11/s1. The maximum atomic E-state index is 13.3. The molecule has 0 unspecified atom stereocenters. The molecule has 2 atom stereocenters. The fraction of sp³-hybridized carbons (Fsp3) is 0.395. The quantitative estimate of drug-likeness (QED) is 0.209. The summed E-state index contributed by atoms with van der Waals surface area (Å²) in [4.78, 5) is 80.7. The van der Waals surface area contributed by atoms with E-state index in [4.69, 9.17) is 18.9 Å². The number of pyridine rings is 2. The van der Waals surface area contributed by atoms with Gasteiger partial charge in [0, 0.05) is 25.2 Å². The van der Waals surface area contributed by atoms with E-state index in [0.717, 1.165) is 11.1 Å². The Kier molecular flexibility index (Phi) is 11.8. The van der Waals surface area contributed by atoms with E-state index in [0.29, 0.717) is 32.0 Å². The van der Waals surface area contributed by atoms with Crippen molar-refractivity contribution in [3.05, 3.63) is 126 Å². The Morgan fingerprint density at radius 2 is 1.08 bits per heavy atom. The number of rotatable bonds is 11. The molecule has 16 heteroatoms. The Bertz CT molecular complexity index is 2410. The van der Waals surface area contributed by atoms with Gasteiger partial charge in [-0.15, -0.1) is 0 Å². The first-order chi connectivity index (χ1) is 28.3. The van der Waals surface area contributed by atoms with Crippen molar-refractivity contribution in [1.29, 1.82) is 0 Å². The number of amides is 2. The van der Waals surface area contributed by atoms with Gasteiger partial charge >= 0.3 is 5.97 Å². The molecule has 59 heavy (non-hydrogen) atoms. The average Bonchev–Trinajstić information content (AvgIpc) is 3.22. The second-order valence-corrected chi connectivity index (χ2v) is 15.3. The summed E-state index contributed by atoms with van der Waals surface area (Å²) in [6.07, 6.45) is 0. The van der Waals surface area contributed by atoms with E-state index in [1.165, 1.54) is 0 Å². The second kappa shape index (κ2) is 17.0. The highest BCUT2D eigenvalue weighted by molar-refractivity contribution is 6.02. The molecule has 2 aromatic carbocycles. The predicted octanol–water partition coefficient (Wildman–Crippen LogP) is 3.60. The number of Topliss-reactive ketones (excluding diaryl/α,β-unsaturated/α-hetero) is 1. The molecule has 0 fully saturated rings. The number of aromatic carboxylic acids is 1. The van der Waals surface area contributed by atoms with Crippen molar-refractivity contribution in [2.75, 3.05) is 32.9 Å². The summed E-state index contributed by atoms with van der Waals surface area (Å²) in [5, 5.41) is 19.1. The third-order valence-electron chi connectivity index (χ3n) is 10.8.